The molecule has 2 amide bonds. The van der Waals surface area contributed by atoms with Crippen LogP contribution in [0.25, 0.3) is 0 Å². The number of urea groups is 1. The number of hydrogen-bond acceptors (Lipinski definition) is 5. The normalized spacial score (nSPS) is 11.6. The number of aliphatic imine (C=N–C) groups is 4. The largest absolute Gasteiger partial charge is 0.370 e. The van der Waals surface area contributed by atoms with E-state index < -0.39 is 0 Å². The van der Waals surface area contributed by atoms with Gasteiger partial charge in [-0.3, -0.25) is 9.98 Å². The molecular weight excluding hydrogens is 921 g/mol. The standard InChI is InChI=1S/C59H108N14O/c60-55(61)66-43-31-17-9-1-5-13-21-35-47-72(49-37-23-15-7-3-11-19-33-45-68-57(64)70-51-53-39-27-25-28-40-53)59(74)73(48-36-22-14-6-2-10-18-32-44-67-56(62)63)50-38-24-16-8-4-12-20-34-46-69-58(65)71-52-54-41-29-26-30-42-54/h25-30,39-42H,1-24,31-38,43-52H2,(H4,60,61,66)(H4,62,63,67)(H3,64,68,70)(H3,65,69,71). The van der Waals surface area contributed by atoms with Gasteiger partial charge in [0.25, 0.3) is 0 Å². The van der Waals surface area contributed by atoms with Crippen molar-refractivity contribution in [2.45, 2.75) is 219 Å². The second kappa shape index (κ2) is 47.5. The summed E-state index contributed by atoms with van der Waals surface area (Å²) in [5, 5.41) is 6.54. The minimum Gasteiger partial charge on any atom is -0.370 e. The minimum atomic E-state index is 0.182. The van der Waals surface area contributed by atoms with Crippen LogP contribution in [-0.2, 0) is 13.1 Å². The highest BCUT2D eigenvalue weighted by Crippen LogP contribution is 2.16. The van der Waals surface area contributed by atoms with Crippen molar-refractivity contribution in [1.82, 2.24) is 20.4 Å². The quantitative estimate of drug-likeness (QED) is 0.0178. The van der Waals surface area contributed by atoms with Crippen molar-refractivity contribution in [3.63, 3.8) is 0 Å². The summed E-state index contributed by atoms with van der Waals surface area (Å²) in [5.74, 6) is 1.41. The fourth-order valence-corrected chi connectivity index (χ4v) is 9.21. The van der Waals surface area contributed by atoms with Crippen LogP contribution in [0.5, 0.6) is 0 Å². The van der Waals surface area contributed by atoms with Crippen LogP contribution in [0.15, 0.2) is 80.6 Å². The van der Waals surface area contributed by atoms with Crippen LogP contribution in [0.1, 0.15) is 217 Å². The number of amides is 2. The SMILES string of the molecule is NC(N)=NCCCCCCCCCCN(CCCCCCCCCCNC(N)=NCc1ccccc1)C(=O)N(CCCCCCCCCCN=C(N)N)CCCCCCCCCCNC(N)=NCc1ccccc1. The van der Waals surface area contributed by atoms with Crippen molar-refractivity contribution < 1.29 is 4.79 Å². The lowest BCUT2D eigenvalue weighted by Gasteiger charge is -2.31. The molecule has 0 bridgehead atoms. The predicted octanol–water partition coefficient (Wildman–Crippen LogP) is 10.9. The molecule has 0 aromatic heterocycles. The number of carbonyl (C=O) groups excluding carboxylic acids is 1. The van der Waals surface area contributed by atoms with E-state index in [2.05, 4.69) is 64.7 Å². The first-order valence-corrected chi connectivity index (χ1v) is 29.5. The third-order valence-electron chi connectivity index (χ3n) is 13.7. The van der Waals surface area contributed by atoms with Crippen LogP contribution < -0.4 is 45.0 Å². The number of nitrogens with zero attached hydrogens (tertiary/aromatic N) is 6. The number of nitrogens with one attached hydrogen (secondary N) is 2. The Hall–Kier alpha value is -5.21. The van der Waals surface area contributed by atoms with Gasteiger partial charge < -0.3 is 54.8 Å². The molecule has 0 aliphatic rings. The molecular formula is C59H108N14O. The summed E-state index contributed by atoms with van der Waals surface area (Å²) in [6.07, 6.45) is 37.7. The molecule has 15 heteroatoms. The van der Waals surface area contributed by atoms with Gasteiger partial charge in [-0.05, 0) is 62.5 Å². The third-order valence-corrected chi connectivity index (χ3v) is 13.7. The van der Waals surface area contributed by atoms with Gasteiger partial charge in [0.15, 0.2) is 23.8 Å². The molecule has 0 heterocycles. The third kappa shape index (κ3) is 40.2. The number of nitrogens with two attached hydrogens (primary N) is 6. The molecule has 2 aromatic carbocycles. The average Bonchev–Trinajstić information content (AvgIpc) is 3.40. The Morgan fingerprint density at radius 3 is 0.878 bits per heavy atom. The minimum absolute atomic E-state index is 0.182. The maximum atomic E-state index is 14.5. The zero-order valence-electron chi connectivity index (χ0n) is 46.5. The van der Waals surface area contributed by atoms with E-state index in [-0.39, 0.29) is 18.0 Å². The summed E-state index contributed by atoms with van der Waals surface area (Å²) >= 11 is 0. The van der Waals surface area contributed by atoms with Gasteiger partial charge in [-0.15, -0.1) is 0 Å². The zero-order valence-corrected chi connectivity index (χ0v) is 46.5. The van der Waals surface area contributed by atoms with Gasteiger partial charge in [0, 0.05) is 52.4 Å². The Labute approximate surface area is 450 Å². The molecule has 0 saturated heterocycles. The van der Waals surface area contributed by atoms with E-state index in [1.54, 1.807) is 0 Å². The molecule has 74 heavy (non-hydrogen) atoms. The highest BCUT2D eigenvalue weighted by Gasteiger charge is 2.20. The van der Waals surface area contributed by atoms with E-state index in [9.17, 15) is 4.79 Å². The van der Waals surface area contributed by atoms with E-state index >= 15 is 0 Å². The first kappa shape index (κ1) is 64.9. The lowest BCUT2D eigenvalue weighted by molar-refractivity contribution is 0.148. The molecule has 0 aliphatic carbocycles. The smallest absolute Gasteiger partial charge is 0.319 e. The molecule has 0 aliphatic heterocycles. The number of benzene rings is 2. The Balaban J connectivity index is 1.82. The molecule has 2 aromatic rings. The second-order valence-electron chi connectivity index (χ2n) is 20.4. The van der Waals surface area contributed by atoms with Crippen molar-refractivity contribution >= 4 is 29.9 Å². The summed E-state index contributed by atoms with van der Waals surface area (Å²) in [6, 6.07) is 20.7. The molecule has 0 fully saturated rings. The van der Waals surface area contributed by atoms with Gasteiger partial charge in [0.05, 0.1) is 13.1 Å². The summed E-state index contributed by atoms with van der Waals surface area (Å²) in [7, 11) is 0. The lowest BCUT2D eigenvalue weighted by atomic mass is 10.1. The highest BCUT2D eigenvalue weighted by molar-refractivity contribution is 5.78. The van der Waals surface area contributed by atoms with Crippen molar-refractivity contribution in [3.05, 3.63) is 71.8 Å². The molecule has 0 unspecified atom stereocenters. The Morgan fingerprint density at radius 1 is 0.338 bits per heavy atom. The summed E-state index contributed by atoms with van der Waals surface area (Å²) in [6.45, 7) is 7.79. The van der Waals surface area contributed by atoms with Gasteiger partial charge >= 0.3 is 6.03 Å². The zero-order chi connectivity index (χ0) is 53.2. The van der Waals surface area contributed by atoms with Crippen LogP contribution in [0.4, 0.5) is 4.79 Å². The molecule has 0 atom stereocenters. The summed E-state index contributed by atoms with van der Waals surface area (Å²) in [4.78, 5) is 36.1. The van der Waals surface area contributed by atoms with Crippen molar-refractivity contribution in [2.24, 2.45) is 54.4 Å². The Morgan fingerprint density at radius 2 is 0.595 bits per heavy atom. The van der Waals surface area contributed by atoms with Crippen molar-refractivity contribution in [1.29, 1.82) is 0 Å². The number of carbonyl (C=O) groups is 1. The summed E-state index contributed by atoms with van der Waals surface area (Å²) < 4.78 is 0. The van der Waals surface area contributed by atoms with E-state index in [1.165, 1.54) is 141 Å². The Kier molecular flexibility index (Phi) is 41.7. The molecule has 0 radical (unpaired) electrons. The average molecular weight is 1030 g/mol. The van der Waals surface area contributed by atoms with Crippen LogP contribution in [0.3, 0.4) is 0 Å². The molecule has 0 saturated carbocycles. The van der Waals surface area contributed by atoms with Crippen molar-refractivity contribution in [2.75, 3.05) is 52.4 Å². The van der Waals surface area contributed by atoms with E-state index in [1.807, 2.05) is 36.4 Å². The molecule has 420 valence electrons. The van der Waals surface area contributed by atoms with Gasteiger partial charge in [0.1, 0.15) is 0 Å². The van der Waals surface area contributed by atoms with Gasteiger partial charge in [0.2, 0.25) is 0 Å². The van der Waals surface area contributed by atoms with E-state index in [0.717, 1.165) is 128 Å². The van der Waals surface area contributed by atoms with E-state index in [4.69, 9.17) is 34.4 Å². The number of rotatable bonds is 48. The van der Waals surface area contributed by atoms with Crippen LogP contribution in [0.2, 0.25) is 0 Å². The topological polar surface area (TPSA) is 253 Å². The Bertz CT molecular complexity index is 1590. The van der Waals surface area contributed by atoms with Gasteiger partial charge in [-0.1, -0.05) is 215 Å². The molecule has 2 rings (SSSR count). The molecule has 14 N–H and O–H groups in total. The molecule has 15 nitrogen and oxygen atoms in total. The van der Waals surface area contributed by atoms with Crippen LogP contribution in [0, 0.1) is 0 Å². The maximum Gasteiger partial charge on any atom is 0.319 e. The summed E-state index contributed by atoms with van der Waals surface area (Å²) in [5.41, 5.74) is 36.4. The number of hydrogen-bond donors (Lipinski definition) is 8. The fraction of sp³-hybridized carbons (Fsp3) is 0.712. The van der Waals surface area contributed by atoms with Crippen molar-refractivity contribution in [3.8, 4) is 0 Å². The predicted molar refractivity (Wildman–Crippen MR) is 317 cm³/mol. The van der Waals surface area contributed by atoms with E-state index in [0.29, 0.717) is 25.0 Å². The van der Waals surface area contributed by atoms with Gasteiger partial charge in [-0.25, -0.2) is 14.8 Å². The van der Waals surface area contributed by atoms with Gasteiger partial charge in [-0.2, -0.15) is 0 Å². The second-order valence-corrected chi connectivity index (χ2v) is 20.4. The number of unbranched alkanes of at least 4 members (excludes halogenated alkanes) is 28. The molecule has 0 spiro atoms. The fourth-order valence-electron chi connectivity index (χ4n) is 9.21. The monoisotopic (exact) mass is 1030 g/mol. The first-order valence-electron chi connectivity index (χ1n) is 29.5. The van der Waals surface area contributed by atoms with Crippen LogP contribution in [-0.4, -0.2) is 92.0 Å². The highest BCUT2D eigenvalue weighted by atomic mass is 16.2. The van der Waals surface area contributed by atoms with Crippen LogP contribution >= 0.6 is 0 Å². The lowest BCUT2D eigenvalue weighted by Crippen LogP contribution is -2.45. The maximum absolute atomic E-state index is 14.5. The number of guanidine groups is 4. The first-order chi connectivity index (χ1) is 36.2.